The van der Waals surface area contributed by atoms with Gasteiger partial charge in [0, 0.05) is 17.7 Å². The normalized spacial score (nSPS) is 11.3. The summed E-state index contributed by atoms with van der Waals surface area (Å²) in [5.41, 5.74) is 4.21. The molecule has 4 nitrogen and oxygen atoms in total. The maximum Gasteiger partial charge on any atom is 0.253 e. The molecule has 0 aliphatic heterocycles. The Bertz CT molecular complexity index is 1190. The molecule has 0 aliphatic rings. The summed E-state index contributed by atoms with van der Waals surface area (Å²) in [6, 6.07) is 25.0. The number of rotatable bonds is 4. The lowest BCUT2D eigenvalue weighted by Gasteiger charge is -2.04. The molecule has 136 valence electrons. The molecule has 0 spiro atoms. The van der Waals surface area contributed by atoms with Crippen molar-refractivity contribution >= 4 is 21.8 Å². The van der Waals surface area contributed by atoms with Gasteiger partial charge >= 0.3 is 0 Å². The van der Waals surface area contributed by atoms with Crippen LogP contribution in [0.3, 0.4) is 0 Å². The summed E-state index contributed by atoms with van der Waals surface area (Å²) >= 11 is 0. The molecule has 0 radical (unpaired) electrons. The van der Waals surface area contributed by atoms with E-state index in [1.165, 1.54) is 16.6 Å². The van der Waals surface area contributed by atoms with Crippen LogP contribution in [-0.2, 0) is 13.1 Å². The van der Waals surface area contributed by atoms with Gasteiger partial charge in [-0.3, -0.25) is 0 Å². The van der Waals surface area contributed by atoms with Crippen molar-refractivity contribution in [3.63, 3.8) is 0 Å². The maximum atomic E-state index is 4.80. The van der Waals surface area contributed by atoms with Gasteiger partial charge in [0.2, 0.25) is 0 Å². The summed E-state index contributed by atoms with van der Waals surface area (Å²) in [5, 5.41) is 2.35. The van der Waals surface area contributed by atoms with Crippen molar-refractivity contribution in [1.29, 1.82) is 0 Å². The zero-order valence-corrected chi connectivity index (χ0v) is 15.8. The van der Waals surface area contributed by atoms with E-state index in [9.17, 15) is 0 Å². The highest BCUT2D eigenvalue weighted by molar-refractivity contribution is 5.79. The monoisotopic (exact) mass is 365 g/mol. The zero-order chi connectivity index (χ0) is 18.9. The molecule has 0 unspecified atom stereocenters. The van der Waals surface area contributed by atoms with Gasteiger partial charge < -0.3 is 0 Å². The highest BCUT2D eigenvalue weighted by Gasteiger charge is 2.14. The number of imidazole rings is 1. The first-order valence-electron chi connectivity index (χ1n) is 9.51. The lowest BCUT2D eigenvalue weighted by molar-refractivity contribution is -0.694. The molecule has 28 heavy (non-hydrogen) atoms. The van der Waals surface area contributed by atoms with E-state index in [4.69, 9.17) is 9.97 Å². The van der Waals surface area contributed by atoms with Crippen LogP contribution in [0.5, 0.6) is 0 Å². The van der Waals surface area contributed by atoms with Gasteiger partial charge in [-0.1, -0.05) is 48.5 Å². The summed E-state index contributed by atoms with van der Waals surface area (Å²) in [4.78, 5) is 9.59. The van der Waals surface area contributed by atoms with Gasteiger partial charge in [0.05, 0.1) is 22.4 Å². The summed E-state index contributed by atoms with van der Waals surface area (Å²) in [6.07, 6.45) is 4.24. The fraction of sp³-hybridized carbons (Fsp3) is 0.125. The number of nitrogens with zero attached hydrogens (tertiary/aromatic N) is 4. The van der Waals surface area contributed by atoms with Crippen LogP contribution in [0, 0.1) is 6.92 Å². The first-order chi connectivity index (χ1) is 13.8. The number of para-hydroxylation sites is 2. The van der Waals surface area contributed by atoms with E-state index < -0.39 is 0 Å². The standard InChI is InChI=1S/C24H21N4/c1-18-27(16-21-12-10-19-6-2-4-8-23(19)25-21)14-15-28(18)17-22-13-11-20-7-3-5-9-24(20)26-22/h2-15H,16-17H2,1H3/q+1. The first-order valence-corrected chi connectivity index (χ1v) is 9.51. The minimum Gasteiger partial charge on any atom is -0.249 e. The molecule has 0 fully saturated rings. The molecule has 0 aliphatic carbocycles. The van der Waals surface area contributed by atoms with Crippen LogP contribution in [0.2, 0.25) is 0 Å². The van der Waals surface area contributed by atoms with Crippen LogP contribution in [0.25, 0.3) is 21.8 Å². The fourth-order valence-corrected chi connectivity index (χ4v) is 3.62. The molecule has 4 heteroatoms. The molecule has 3 heterocycles. The molecular weight excluding hydrogens is 344 g/mol. The van der Waals surface area contributed by atoms with E-state index in [0.29, 0.717) is 0 Å². The molecule has 0 amide bonds. The maximum absolute atomic E-state index is 4.80. The number of benzene rings is 2. The highest BCUT2D eigenvalue weighted by Crippen LogP contribution is 2.14. The Balaban J connectivity index is 1.40. The van der Waals surface area contributed by atoms with Gasteiger partial charge in [-0.05, 0) is 24.3 Å². The Hall–Kier alpha value is -3.53. The minimum absolute atomic E-state index is 0.759. The molecule has 5 rings (SSSR count). The molecule has 0 N–H and O–H groups in total. The first kappa shape index (κ1) is 16.6. The van der Waals surface area contributed by atoms with Crippen LogP contribution in [0.1, 0.15) is 17.2 Å². The van der Waals surface area contributed by atoms with Crippen LogP contribution < -0.4 is 4.57 Å². The average molecular weight is 365 g/mol. The zero-order valence-electron chi connectivity index (χ0n) is 15.8. The largest absolute Gasteiger partial charge is 0.253 e. The van der Waals surface area contributed by atoms with Crippen LogP contribution in [0.15, 0.2) is 85.2 Å². The van der Waals surface area contributed by atoms with Crippen LogP contribution in [0.4, 0.5) is 0 Å². The van der Waals surface area contributed by atoms with E-state index in [-0.39, 0.29) is 0 Å². The van der Waals surface area contributed by atoms with E-state index in [0.717, 1.165) is 35.5 Å². The Morgan fingerprint density at radius 3 is 2.07 bits per heavy atom. The third kappa shape index (κ3) is 3.14. The topological polar surface area (TPSA) is 34.6 Å². The Labute approximate surface area is 163 Å². The number of hydrogen-bond donors (Lipinski definition) is 0. The summed E-state index contributed by atoms with van der Waals surface area (Å²) in [6.45, 7) is 3.66. The second-order valence-electron chi connectivity index (χ2n) is 7.09. The molecule has 5 aromatic rings. The van der Waals surface area contributed by atoms with Crippen molar-refractivity contribution in [2.24, 2.45) is 0 Å². The van der Waals surface area contributed by atoms with Gasteiger partial charge in [-0.25, -0.2) is 19.1 Å². The lowest BCUT2D eigenvalue weighted by Crippen LogP contribution is -2.36. The molecule has 2 aromatic carbocycles. The smallest absolute Gasteiger partial charge is 0.249 e. The third-order valence-electron chi connectivity index (χ3n) is 5.23. The van der Waals surface area contributed by atoms with Gasteiger partial charge in [-0.15, -0.1) is 0 Å². The summed E-state index contributed by atoms with van der Waals surface area (Å²) in [7, 11) is 0. The van der Waals surface area contributed by atoms with Crippen LogP contribution in [-0.4, -0.2) is 14.5 Å². The Morgan fingerprint density at radius 2 is 1.36 bits per heavy atom. The third-order valence-corrected chi connectivity index (χ3v) is 5.23. The molecule has 0 saturated carbocycles. The van der Waals surface area contributed by atoms with Gasteiger partial charge in [-0.2, -0.15) is 0 Å². The van der Waals surface area contributed by atoms with Crippen molar-refractivity contribution in [1.82, 2.24) is 14.5 Å². The summed E-state index contributed by atoms with van der Waals surface area (Å²) in [5.74, 6) is 1.19. The van der Waals surface area contributed by atoms with Crippen molar-refractivity contribution in [2.75, 3.05) is 0 Å². The van der Waals surface area contributed by atoms with Gasteiger partial charge in [0.15, 0.2) is 0 Å². The van der Waals surface area contributed by atoms with E-state index in [2.05, 4.69) is 77.0 Å². The second-order valence-corrected chi connectivity index (χ2v) is 7.09. The van der Waals surface area contributed by atoms with E-state index in [1.54, 1.807) is 0 Å². The molecule has 0 bridgehead atoms. The Kier molecular flexibility index (Phi) is 4.09. The molecular formula is C24H21N4+. The predicted octanol–water partition coefficient (Wildman–Crippen LogP) is 4.28. The van der Waals surface area contributed by atoms with E-state index in [1.807, 2.05) is 24.3 Å². The van der Waals surface area contributed by atoms with Crippen molar-refractivity contribution in [2.45, 2.75) is 20.0 Å². The van der Waals surface area contributed by atoms with E-state index >= 15 is 0 Å². The lowest BCUT2D eigenvalue weighted by atomic mass is 10.2. The van der Waals surface area contributed by atoms with Crippen LogP contribution >= 0.6 is 0 Å². The number of pyridine rings is 2. The Morgan fingerprint density at radius 1 is 0.750 bits per heavy atom. The van der Waals surface area contributed by atoms with Crippen molar-refractivity contribution in [3.05, 3.63) is 102 Å². The predicted molar refractivity (Wildman–Crippen MR) is 111 cm³/mol. The molecule has 3 aromatic heterocycles. The quantitative estimate of drug-likeness (QED) is 0.446. The summed E-state index contributed by atoms with van der Waals surface area (Å²) < 4.78 is 4.47. The molecule has 0 saturated heterocycles. The highest BCUT2D eigenvalue weighted by atomic mass is 15.2. The number of fused-ring (bicyclic) bond motifs is 2. The average Bonchev–Trinajstić information content (AvgIpc) is 3.07. The number of hydrogen-bond acceptors (Lipinski definition) is 2. The van der Waals surface area contributed by atoms with Gasteiger partial charge in [0.1, 0.15) is 25.5 Å². The SMILES string of the molecule is Cc1n(Cc2ccc3ccccc3n2)cc[n+]1Cc1ccc2ccccc2n1. The second kappa shape index (κ2) is 6.89. The molecule has 0 atom stereocenters. The van der Waals surface area contributed by atoms with Crippen molar-refractivity contribution in [3.8, 4) is 0 Å². The fourth-order valence-electron chi connectivity index (χ4n) is 3.62. The van der Waals surface area contributed by atoms with Crippen molar-refractivity contribution < 1.29 is 4.57 Å². The minimum atomic E-state index is 0.759. The van der Waals surface area contributed by atoms with Gasteiger partial charge in [0.25, 0.3) is 5.82 Å². The number of aromatic nitrogens is 4.